The van der Waals surface area contributed by atoms with Crippen LogP contribution < -0.4 is 0 Å². The molecule has 0 aromatic rings. The third kappa shape index (κ3) is 1.91. The van der Waals surface area contributed by atoms with E-state index in [0.717, 1.165) is 12.8 Å². The van der Waals surface area contributed by atoms with Crippen molar-refractivity contribution in [2.75, 3.05) is 0 Å². The summed E-state index contributed by atoms with van der Waals surface area (Å²) in [5.74, 6) is 0. The van der Waals surface area contributed by atoms with Gasteiger partial charge in [0.25, 0.3) is 0 Å². The average molecular weight is 145 g/mol. The molecule has 0 bridgehead atoms. The van der Waals surface area contributed by atoms with Gasteiger partial charge in [-0.25, -0.2) is 0 Å². The van der Waals surface area contributed by atoms with Gasteiger partial charge in [0.15, 0.2) is 0 Å². The van der Waals surface area contributed by atoms with Crippen molar-refractivity contribution in [3.8, 4) is 0 Å². The van der Waals surface area contributed by atoms with Crippen LogP contribution >= 0.6 is 0 Å². The Kier molecular flexibility index (Phi) is 2.42. The Labute approximate surface area is 57.2 Å². The highest BCUT2D eigenvalue weighted by Gasteiger charge is 2.08. The maximum atomic E-state index is 10.3. The molecule has 0 amide bonds. The van der Waals surface area contributed by atoms with Crippen molar-refractivity contribution in [3.63, 3.8) is 0 Å². The van der Waals surface area contributed by atoms with Crippen molar-refractivity contribution in [2.45, 2.75) is 24.5 Å². The van der Waals surface area contributed by atoms with Gasteiger partial charge in [0.1, 0.15) is 0 Å². The summed E-state index contributed by atoms with van der Waals surface area (Å²) in [4.78, 5) is 0. The summed E-state index contributed by atoms with van der Waals surface area (Å²) in [6.07, 6.45) is 6.38. The van der Waals surface area contributed by atoms with E-state index in [1.165, 1.54) is 0 Å². The van der Waals surface area contributed by atoms with Crippen molar-refractivity contribution in [1.29, 1.82) is 0 Å². The standard InChI is InChI=1S/C6H10O2S/c7-9(8)6-4-2-1-3-5-6/h1-2,6H,3-5H2,(H,7,8)/p-1. The van der Waals surface area contributed by atoms with Crippen molar-refractivity contribution in [1.82, 2.24) is 0 Å². The van der Waals surface area contributed by atoms with Gasteiger partial charge in [-0.05, 0) is 19.3 Å². The maximum Gasteiger partial charge on any atom is 0.0253 e. The zero-order valence-electron chi connectivity index (χ0n) is 5.08. The topological polar surface area (TPSA) is 40.1 Å². The SMILES string of the molecule is O=S([O-])C1CC=CCC1. The summed E-state index contributed by atoms with van der Waals surface area (Å²) >= 11 is -1.85. The average Bonchev–Trinajstić information content (AvgIpc) is 1.90. The van der Waals surface area contributed by atoms with E-state index in [2.05, 4.69) is 0 Å². The number of allylic oxidation sites excluding steroid dienone is 2. The van der Waals surface area contributed by atoms with Crippen LogP contribution in [0.5, 0.6) is 0 Å². The highest BCUT2D eigenvalue weighted by Crippen LogP contribution is 2.14. The van der Waals surface area contributed by atoms with Crippen molar-refractivity contribution < 1.29 is 8.76 Å². The second-order valence-electron chi connectivity index (χ2n) is 2.17. The first kappa shape index (κ1) is 6.96. The van der Waals surface area contributed by atoms with Gasteiger partial charge in [-0.3, -0.25) is 4.21 Å². The van der Waals surface area contributed by atoms with Gasteiger partial charge in [-0.2, -0.15) is 0 Å². The molecule has 2 atom stereocenters. The van der Waals surface area contributed by atoms with E-state index in [9.17, 15) is 8.76 Å². The molecule has 0 aliphatic heterocycles. The first-order valence-electron chi connectivity index (χ1n) is 3.04. The minimum atomic E-state index is -1.85. The molecule has 0 N–H and O–H groups in total. The van der Waals surface area contributed by atoms with E-state index < -0.39 is 11.1 Å². The summed E-state index contributed by atoms with van der Waals surface area (Å²) in [5.41, 5.74) is 0. The van der Waals surface area contributed by atoms with E-state index in [1.807, 2.05) is 12.2 Å². The molecule has 2 nitrogen and oxygen atoms in total. The summed E-state index contributed by atoms with van der Waals surface area (Å²) in [5, 5.41) is -0.116. The summed E-state index contributed by atoms with van der Waals surface area (Å²) in [6.45, 7) is 0. The van der Waals surface area contributed by atoms with Gasteiger partial charge in [0.2, 0.25) is 0 Å². The Morgan fingerprint density at radius 1 is 1.56 bits per heavy atom. The summed E-state index contributed by atoms with van der Waals surface area (Å²) in [6, 6.07) is 0. The van der Waals surface area contributed by atoms with Gasteiger partial charge in [-0.1, -0.05) is 23.2 Å². The van der Waals surface area contributed by atoms with Crippen LogP contribution in [0.15, 0.2) is 12.2 Å². The van der Waals surface area contributed by atoms with E-state index >= 15 is 0 Å². The van der Waals surface area contributed by atoms with Crippen LogP contribution in [0.1, 0.15) is 19.3 Å². The van der Waals surface area contributed by atoms with Gasteiger partial charge in [0.05, 0.1) is 0 Å². The Balaban J connectivity index is 2.44. The van der Waals surface area contributed by atoms with Crippen LogP contribution in [0.3, 0.4) is 0 Å². The zero-order valence-corrected chi connectivity index (χ0v) is 5.89. The van der Waals surface area contributed by atoms with Crippen LogP contribution in [-0.4, -0.2) is 14.0 Å². The molecular weight excluding hydrogens is 136 g/mol. The van der Waals surface area contributed by atoms with Crippen LogP contribution in [0.4, 0.5) is 0 Å². The molecule has 1 rings (SSSR count). The number of hydrogen-bond donors (Lipinski definition) is 0. The fourth-order valence-corrected chi connectivity index (χ4v) is 1.54. The van der Waals surface area contributed by atoms with Crippen molar-refractivity contribution in [3.05, 3.63) is 12.2 Å². The molecule has 0 aromatic carbocycles. The monoisotopic (exact) mass is 145 g/mol. The van der Waals surface area contributed by atoms with E-state index in [0.29, 0.717) is 6.42 Å². The molecule has 0 spiro atoms. The van der Waals surface area contributed by atoms with Gasteiger partial charge >= 0.3 is 0 Å². The third-order valence-corrected chi connectivity index (χ3v) is 2.47. The molecule has 9 heavy (non-hydrogen) atoms. The lowest BCUT2D eigenvalue weighted by Crippen LogP contribution is -2.15. The normalized spacial score (nSPS) is 30.1. The van der Waals surface area contributed by atoms with Crippen molar-refractivity contribution in [2.24, 2.45) is 0 Å². The fraction of sp³-hybridized carbons (Fsp3) is 0.667. The third-order valence-electron chi connectivity index (χ3n) is 1.49. The lowest BCUT2D eigenvalue weighted by molar-refractivity contribution is 0.513. The molecule has 0 saturated carbocycles. The first-order chi connectivity index (χ1) is 4.30. The summed E-state index contributed by atoms with van der Waals surface area (Å²) in [7, 11) is 0. The van der Waals surface area contributed by atoms with E-state index in [-0.39, 0.29) is 5.25 Å². The fourth-order valence-electron chi connectivity index (χ4n) is 0.941. The molecule has 1 aliphatic rings. The van der Waals surface area contributed by atoms with Gasteiger partial charge in [0, 0.05) is 5.25 Å². The second kappa shape index (κ2) is 3.13. The molecule has 0 radical (unpaired) electrons. The number of hydrogen-bond acceptors (Lipinski definition) is 2. The van der Waals surface area contributed by atoms with E-state index in [4.69, 9.17) is 0 Å². The summed E-state index contributed by atoms with van der Waals surface area (Å²) < 4.78 is 20.6. The quantitative estimate of drug-likeness (QED) is 0.407. The lowest BCUT2D eigenvalue weighted by Gasteiger charge is -2.19. The van der Waals surface area contributed by atoms with Crippen LogP contribution in [-0.2, 0) is 11.1 Å². The molecule has 1 aliphatic carbocycles. The predicted molar refractivity (Wildman–Crippen MR) is 35.7 cm³/mol. The van der Waals surface area contributed by atoms with E-state index in [1.54, 1.807) is 0 Å². The maximum absolute atomic E-state index is 10.3. The lowest BCUT2D eigenvalue weighted by atomic mass is 10.1. The Bertz CT molecular complexity index is 142. The predicted octanol–water partition coefficient (Wildman–Crippen LogP) is 0.974. The molecule has 0 aromatic heterocycles. The Morgan fingerprint density at radius 3 is 2.67 bits per heavy atom. The first-order valence-corrected chi connectivity index (χ1v) is 4.17. The van der Waals surface area contributed by atoms with Crippen LogP contribution in [0, 0.1) is 0 Å². The molecule has 0 heterocycles. The largest absolute Gasteiger partial charge is 0.772 e. The minimum absolute atomic E-state index is 0.116. The van der Waals surface area contributed by atoms with Crippen LogP contribution in [0.2, 0.25) is 0 Å². The highest BCUT2D eigenvalue weighted by atomic mass is 32.2. The Morgan fingerprint density at radius 2 is 2.33 bits per heavy atom. The molecular formula is C6H9O2S-. The van der Waals surface area contributed by atoms with Gasteiger partial charge in [-0.15, -0.1) is 0 Å². The smallest absolute Gasteiger partial charge is 0.0253 e. The molecule has 0 fully saturated rings. The highest BCUT2D eigenvalue weighted by molar-refractivity contribution is 7.79. The second-order valence-corrected chi connectivity index (χ2v) is 3.35. The minimum Gasteiger partial charge on any atom is -0.772 e. The zero-order chi connectivity index (χ0) is 6.69. The number of rotatable bonds is 1. The van der Waals surface area contributed by atoms with Crippen molar-refractivity contribution >= 4 is 11.1 Å². The van der Waals surface area contributed by atoms with Crippen LogP contribution in [0.25, 0.3) is 0 Å². The Hall–Kier alpha value is -0.150. The molecule has 3 heteroatoms. The van der Waals surface area contributed by atoms with Gasteiger partial charge < -0.3 is 4.55 Å². The molecule has 52 valence electrons. The molecule has 2 unspecified atom stereocenters. The molecule has 0 saturated heterocycles.